The summed E-state index contributed by atoms with van der Waals surface area (Å²) in [6.07, 6.45) is 0. The fraction of sp³-hybridized carbons (Fsp3) is 0.278. The highest BCUT2D eigenvalue weighted by molar-refractivity contribution is 8.17. The zero-order valence-corrected chi connectivity index (χ0v) is 15.5. The van der Waals surface area contributed by atoms with Crippen LogP contribution in [0.15, 0.2) is 45.2 Å². The number of benzene rings is 1. The molecular weight excluding hydrogens is 368 g/mol. The third kappa shape index (κ3) is 2.69. The van der Waals surface area contributed by atoms with Crippen LogP contribution in [0.3, 0.4) is 0 Å². The summed E-state index contributed by atoms with van der Waals surface area (Å²) < 4.78 is 16.1. The van der Waals surface area contributed by atoms with E-state index in [1.165, 1.54) is 11.8 Å². The molecule has 0 saturated heterocycles. The monoisotopic (exact) mass is 384 g/mol. The molecule has 0 spiro atoms. The van der Waals surface area contributed by atoms with Crippen LogP contribution >= 0.6 is 11.8 Å². The molecule has 0 bridgehead atoms. The van der Waals surface area contributed by atoms with Crippen molar-refractivity contribution in [3.8, 4) is 17.6 Å². The van der Waals surface area contributed by atoms with Crippen molar-refractivity contribution in [2.75, 3.05) is 13.4 Å². The number of hydrogen-bond donors (Lipinski definition) is 1. The van der Waals surface area contributed by atoms with Gasteiger partial charge in [-0.3, -0.25) is 4.90 Å². The normalized spacial score (nSPS) is 20.4. The van der Waals surface area contributed by atoms with Gasteiger partial charge in [-0.25, -0.2) is 9.79 Å². The molecule has 0 amide bonds. The fourth-order valence-electron chi connectivity index (χ4n) is 3.21. The summed E-state index contributed by atoms with van der Waals surface area (Å²) in [6, 6.07) is 6.94. The van der Waals surface area contributed by atoms with Crippen molar-refractivity contribution in [3.63, 3.8) is 0 Å². The third-order valence-electron chi connectivity index (χ3n) is 4.39. The summed E-state index contributed by atoms with van der Waals surface area (Å²) in [7, 11) is 0. The molecule has 1 aromatic carbocycles. The molecule has 0 aliphatic carbocycles. The molecule has 0 aromatic heterocycles. The molecule has 8 nitrogen and oxygen atoms in total. The van der Waals surface area contributed by atoms with E-state index in [2.05, 4.69) is 11.1 Å². The number of allylic oxidation sites excluding steroid dienone is 2. The summed E-state index contributed by atoms with van der Waals surface area (Å²) in [6.45, 7) is 3.88. The zero-order valence-electron chi connectivity index (χ0n) is 14.7. The maximum Gasteiger partial charge on any atom is 0.338 e. The Balaban J connectivity index is 1.87. The van der Waals surface area contributed by atoms with Crippen LogP contribution in [0, 0.1) is 11.3 Å². The molecule has 1 aromatic rings. The second-order valence-electron chi connectivity index (χ2n) is 5.93. The van der Waals surface area contributed by atoms with Crippen LogP contribution in [0.2, 0.25) is 0 Å². The molecule has 3 aliphatic heterocycles. The quantitative estimate of drug-likeness (QED) is 0.791. The van der Waals surface area contributed by atoms with Crippen LogP contribution in [-0.2, 0) is 9.53 Å². The minimum absolute atomic E-state index is 0.149. The lowest BCUT2D eigenvalue weighted by molar-refractivity contribution is -0.139. The highest BCUT2D eigenvalue weighted by Crippen LogP contribution is 2.47. The van der Waals surface area contributed by atoms with E-state index < -0.39 is 12.0 Å². The highest BCUT2D eigenvalue weighted by Gasteiger charge is 2.43. The lowest BCUT2D eigenvalue weighted by Gasteiger charge is -2.34. The third-order valence-corrected chi connectivity index (χ3v) is 5.36. The summed E-state index contributed by atoms with van der Waals surface area (Å²) >= 11 is 1.18. The van der Waals surface area contributed by atoms with Gasteiger partial charge in [-0.15, -0.1) is 0 Å². The van der Waals surface area contributed by atoms with E-state index in [1.54, 1.807) is 24.8 Å². The maximum absolute atomic E-state index is 12.7. The predicted octanol–water partition coefficient (Wildman–Crippen LogP) is 2.36. The summed E-state index contributed by atoms with van der Waals surface area (Å²) in [5, 5.41) is 9.91. The van der Waals surface area contributed by atoms with Gasteiger partial charge in [0.15, 0.2) is 16.7 Å². The molecular formula is C18H16N4O4S. The maximum atomic E-state index is 12.7. The number of fused-ring (bicyclic) bond motifs is 2. The number of aliphatic imine (C=N–C) groups is 1. The molecule has 0 fully saturated rings. The van der Waals surface area contributed by atoms with Crippen molar-refractivity contribution >= 4 is 22.9 Å². The number of nitrogens with two attached hydrogens (primary N) is 1. The van der Waals surface area contributed by atoms with E-state index in [-0.39, 0.29) is 19.2 Å². The summed E-state index contributed by atoms with van der Waals surface area (Å²) in [5.74, 6) is 1.02. The second-order valence-corrected chi connectivity index (χ2v) is 6.90. The highest BCUT2D eigenvalue weighted by atomic mass is 32.2. The van der Waals surface area contributed by atoms with Gasteiger partial charge < -0.3 is 19.9 Å². The molecule has 3 aliphatic rings. The van der Waals surface area contributed by atoms with Gasteiger partial charge in [0.2, 0.25) is 6.79 Å². The molecule has 138 valence electrons. The first-order chi connectivity index (χ1) is 13.0. The molecule has 1 atom stereocenters. The first kappa shape index (κ1) is 17.3. The van der Waals surface area contributed by atoms with Gasteiger partial charge in [0.1, 0.15) is 16.8 Å². The number of thioether (sulfide) groups is 1. The number of rotatable bonds is 3. The Morgan fingerprint density at radius 2 is 2.26 bits per heavy atom. The summed E-state index contributed by atoms with van der Waals surface area (Å²) in [4.78, 5) is 19.2. The number of carbonyl (C=O) groups excluding carboxylic acids is 1. The van der Waals surface area contributed by atoms with E-state index in [0.29, 0.717) is 32.8 Å². The van der Waals surface area contributed by atoms with Crippen LogP contribution in [-0.4, -0.2) is 29.4 Å². The number of nitriles is 1. The van der Waals surface area contributed by atoms with Gasteiger partial charge >= 0.3 is 5.97 Å². The van der Waals surface area contributed by atoms with Crippen LogP contribution in [0.5, 0.6) is 11.5 Å². The van der Waals surface area contributed by atoms with Crippen molar-refractivity contribution in [3.05, 3.63) is 45.8 Å². The predicted molar refractivity (Wildman–Crippen MR) is 98.3 cm³/mol. The van der Waals surface area contributed by atoms with Crippen molar-refractivity contribution in [2.45, 2.75) is 19.9 Å². The largest absolute Gasteiger partial charge is 0.463 e. The van der Waals surface area contributed by atoms with Crippen LogP contribution < -0.4 is 15.2 Å². The average Bonchev–Trinajstić information content (AvgIpc) is 3.24. The minimum atomic E-state index is -0.579. The Bertz CT molecular complexity index is 976. The smallest absolute Gasteiger partial charge is 0.338 e. The van der Waals surface area contributed by atoms with Gasteiger partial charge in [-0.2, -0.15) is 5.26 Å². The molecule has 0 saturated carbocycles. The lowest BCUT2D eigenvalue weighted by atomic mass is 9.94. The molecule has 3 heterocycles. The van der Waals surface area contributed by atoms with E-state index in [0.717, 1.165) is 5.56 Å². The molecule has 9 heteroatoms. The van der Waals surface area contributed by atoms with Gasteiger partial charge in [-0.05, 0) is 43.3 Å². The Kier molecular flexibility index (Phi) is 4.20. The summed E-state index contributed by atoms with van der Waals surface area (Å²) in [5.41, 5.74) is 7.88. The van der Waals surface area contributed by atoms with Gasteiger partial charge in [0, 0.05) is 0 Å². The first-order valence-electron chi connectivity index (χ1n) is 8.28. The lowest BCUT2D eigenvalue weighted by Crippen LogP contribution is -2.38. The number of amidine groups is 1. The average molecular weight is 384 g/mol. The Labute approximate surface area is 159 Å². The number of hydrogen-bond acceptors (Lipinski definition) is 9. The van der Waals surface area contributed by atoms with Crippen molar-refractivity contribution in [1.29, 1.82) is 5.26 Å². The second kappa shape index (κ2) is 6.55. The molecule has 4 rings (SSSR count). The molecule has 2 N–H and O–H groups in total. The Morgan fingerprint density at radius 1 is 1.48 bits per heavy atom. The fourth-order valence-corrected chi connectivity index (χ4v) is 4.13. The number of carbonyl (C=O) groups is 1. The topological polar surface area (TPSA) is 110 Å². The van der Waals surface area contributed by atoms with E-state index in [4.69, 9.17) is 19.9 Å². The van der Waals surface area contributed by atoms with E-state index in [9.17, 15) is 10.1 Å². The number of ether oxygens (including phenoxy) is 3. The van der Waals surface area contributed by atoms with Crippen molar-refractivity contribution in [1.82, 2.24) is 4.90 Å². The molecule has 0 radical (unpaired) electrons. The van der Waals surface area contributed by atoms with E-state index >= 15 is 0 Å². The SMILES string of the molecule is CCOC(=O)C1=C(C)N=C2SC(C#N)=C(N)N2C1c1ccc2c(c1)OCO2. The zero-order chi connectivity index (χ0) is 19.1. The Morgan fingerprint density at radius 3 is 3.00 bits per heavy atom. The number of nitrogens with zero attached hydrogens (tertiary/aromatic N) is 3. The van der Waals surface area contributed by atoms with Crippen molar-refractivity contribution < 1.29 is 19.0 Å². The van der Waals surface area contributed by atoms with Gasteiger partial charge in [0.25, 0.3) is 0 Å². The molecule has 1 unspecified atom stereocenters. The Hall–Kier alpha value is -3.12. The van der Waals surface area contributed by atoms with E-state index in [1.807, 2.05) is 12.1 Å². The number of esters is 1. The van der Waals surface area contributed by atoms with Crippen LogP contribution in [0.1, 0.15) is 25.5 Å². The van der Waals surface area contributed by atoms with Gasteiger partial charge in [0.05, 0.1) is 23.9 Å². The van der Waals surface area contributed by atoms with Crippen molar-refractivity contribution in [2.24, 2.45) is 10.7 Å². The minimum Gasteiger partial charge on any atom is -0.463 e. The first-order valence-corrected chi connectivity index (χ1v) is 9.09. The van der Waals surface area contributed by atoms with Crippen LogP contribution in [0.25, 0.3) is 0 Å². The van der Waals surface area contributed by atoms with Crippen LogP contribution in [0.4, 0.5) is 0 Å². The van der Waals surface area contributed by atoms with Gasteiger partial charge in [-0.1, -0.05) is 6.07 Å². The standard InChI is InChI=1S/C18H16N4O4S/c1-3-24-17(23)14-9(2)21-18-22(16(20)13(7-19)27-18)15(14)10-4-5-11-12(6-10)26-8-25-11/h4-6,15H,3,8,20H2,1-2H3. The molecule has 27 heavy (non-hydrogen) atoms.